The number of ether oxygens (including phenoxy) is 2. The van der Waals surface area contributed by atoms with Gasteiger partial charge in [-0.3, -0.25) is 14.5 Å². The van der Waals surface area contributed by atoms with E-state index in [0.29, 0.717) is 28.6 Å². The molecule has 6 rings (SSSR count). The van der Waals surface area contributed by atoms with E-state index in [1.807, 2.05) is 30.6 Å². The fourth-order valence-corrected chi connectivity index (χ4v) is 5.74. The fourth-order valence-electron chi connectivity index (χ4n) is 5.45. The largest absolute Gasteiger partial charge is 0.493 e. The van der Waals surface area contributed by atoms with Gasteiger partial charge in [-0.25, -0.2) is 9.97 Å². The summed E-state index contributed by atoms with van der Waals surface area (Å²) < 4.78 is 12.9. The van der Waals surface area contributed by atoms with E-state index >= 15 is 0 Å². The second kappa shape index (κ2) is 9.72. The smallest absolute Gasteiger partial charge is 0.179 e. The number of fused-ring (bicyclic) bond motifs is 1. The average Bonchev–Trinajstić information content (AvgIpc) is 3.55. The van der Waals surface area contributed by atoms with Crippen LogP contribution in [0.1, 0.15) is 24.4 Å². The van der Waals surface area contributed by atoms with Crippen LogP contribution < -0.4 is 9.47 Å². The lowest BCUT2D eigenvalue weighted by atomic mass is 9.97. The van der Waals surface area contributed by atoms with Crippen LogP contribution in [0.5, 0.6) is 11.5 Å². The minimum Gasteiger partial charge on any atom is -0.493 e. The summed E-state index contributed by atoms with van der Waals surface area (Å²) in [6, 6.07) is 7.01. The van der Waals surface area contributed by atoms with Gasteiger partial charge in [0.15, 0.2) is 11.5 Å². The number of aromatic amines is 1. The molecule has 2 aliphatic heterocycles. The highest BCUT2D eigenvalue weighted by Crippen LogP contribution is 2.38. The zero-order valence-corrected chi connectivity index (χ0v) is 21.3. The van der Waals surface area contributed by atoms with Gasteiger partial charge < -0.3 is 14.5 Å². The Bertz CT molecular complexity index is 1360. The highest BCUT2D eigenvalue weighted by molar-refractivity contribution is 6.33. The van der Waals surface area contributed by atoms with Gasteiger partial charge in [-0.1, -0.05) is 17.7 Å². The van der Waals surface area contributed by atoms with Gasteiger partial charge >= 0.3 is 0 Å². The van der Waals surface area contributed by atoms with Crippen molar-refractivity contribution in [1.82, 2.24) is 34.5 Å². The number of halogens is 1. The predicted molar refractivity (Wildman–Crippen MR) is 139 cm³/mol. The van der Waals surface area contributed by atoms with E-state index in [9.17, 15) is 0 Å². The molecule has 0 radical (unpaired) electrons. The molecule has 10 heteroatoms. The summed E-state index contributed by atoms with van der Waals surface area (Å²) >= 11 is 6.60. The third kappa shape index (κ3) is 4.21. The van der Waals surface area contributed by atoms with Crippen molar-refractivity contribution in [3.63, 3.8) is 0 Å². The van der Waals surface area contributed by atoms with E-state index in [2.05, 4.69) is 40.7 Å². The van der Waals surface area contributed by atoms with E-state index in [4.69, 9.17) is 21.1 Å². The first kappa shape index (κ1) is 23.3. The molecule has 2 aliphatic rings. The van der Waals surface area contributed by atoms with E-state index in [1.54, 1.807) is 20.5 Å². The minimum absolute atomic E-state index is 0.408. The summed E-state index contributed by atoms with van der Waals surface area (Å²) in [4.78, 5) is 17.0. The molecule has 0 atom stereocenters. The monoisotopic (exact) mass is 507 g/mol. The molecule has 2 fully saturated rings. The second-order valence-corrected chi connectivity index (χ2v) is 9.94. The number of H-pyrrole nitrogens is 1. The maximum atomic E-state index is 6.60. The molecule has 1 N–H and O–H groups in total. The SMILES string of the molecule is COc1ccc(CN2CCC(N3CC(n4cc(-c5ncnc6[nH]ccc56)cn4)C3)CC2)c(Cl)c1OC. The lowest BCUT2D eigenvalue weighted by molar-refractivity contribution is 0.0191. The number of piperidine rings is 1. The molecule has 9 nitrogen and oxygen atoms in total. The summed E-state index contributed by atoms with van der Waals surface area (Å²) in [5.41, 5.74) is 3.88. The first-order valence-electron chi connectivity index (χ1n) is 12.3. The number of likely N-dealkylation sites (tertiary alicyclic amines) is 2. The van der Waals surface area contributed by atoms with Crippen molar-refractivity contribution < 1.29 is 9.47 Å². The van der Waals surface area contributed by atoms with Gasteiger partial charge in [0.2, 0.25) is 0 Å². The van der Waals surface area contributed by atoms with Crippen LogP contribution >= 0.6 is 11.6 Å². The fraction of sp³-hybridized carbons (Fsp3) is 0.423. The van der Waals surface area contributed by atoms with E-state index < -0.39 is 0 Å². The standard InChI is InChI=1S/C26H30ClN7O2/c1-35-22-4-3-17(23(27)25(22)36-2)12-32-9-6-19(7-10-32)33-14-20(15-33)34-13-18(11-31-34)24-21-5-8-28-26(21)30-16-29-24/h3-5,8,11,13,16,19-20H,6-7,9-10,12,14-15H2,1-2H3,(H,28,29,30). The number of benzene rings is 1. The maximum Gasteiger partial charge on any atom is 0.179 e. The Morgan fingerprint density at radius 3 is 2.67 bits per heavy atom. The normalized spacial score (nSPS) is 18.0. The number of nitrogens with zero attached hydrogens (tertiary/aromatic N) is 6. The molecule has 1 aromatic carbocycles. The second-order valence-electron chi connectivity index (χ2n) is 9.56. The number of rotatable bonds is 7. The van der Waals surface area contributed by atoms with Crippen molar-refractivity contribution in [2.24, 2.45) is 0 Å². The van der Waals surface area contributed by atoms with Gasteiger partial charge in [0.25, 0.3) is 0 Å². The van der Waals surface area contributed by atoms with E-state index in [0.717, 1.165) is 73.4 Å². The van der Waals surface area contributed by atoms with E-state index in [1.165, 1.54) is 0 Å². The van der Waals surface area contributed by atoms with Crippen molar-refractivity contribution in [1.29, 1.82) is 0 Å². The van der Waals surface area contributed by atoms with Crippen LogP contribution in [0.3, 0.4) is 0 Å². The molecule has 0 amide bonds. The van der Waals surface area contributed by atoms with Crippen molar-refractivity contribution >= 4 is 22.6 Å². The molecule has 0 aliphatic carbocycles. The number of nitrogens with one attached hydrogen (secondary N) is 1. The summed E-state index contributed by atoms with van der Waals surface area (Å²) in [7, 11) is 3.25. The minimum atomic E-state index is 0.408. The molecule has 0 bridgehead atoms. The first-order chi connectivity index (χ1) is 17.6. The van der Waals surface area contributed by atoms with Gasteiger partial charge in [0.05, 0.1) is 37.2 Å². The lowest BCUT2D eigenvalue weighted by Crippen LogP contribution is -2.55. The molecule has 0 saturated carbocycles. The van der Waals surface area contributed by atoms with Crippen LogP contribution in [0.25, 0.3) is 22.3 Å². The third-order valence-corrected chi connectivity index (χ3v) is 7.94. The number of hydrogen-bond donors (Lipinski definition) is 1. The Kier molecular flexibility index (Phi) is 6.29. The van der Waals surface area contributed by atoms with Crippen LogP contribution in [0.2, 0.25) is 5.02 Å². The lowest BCUT2D eigenvalue weighted by Gasteiger charge is -2.47. The number of aromatic nitrogens is 5. The van der Waals surface area contributed by atoms with Crippen molar-refractivity contribution in [2.75, 3.05) is 40.4 Å². The quantitative estimate of drug-likeness (QED) is 0.404. The number of hydrogen-bond acceptors (Lipinski definition) is 7. The molecule has 0 unspecified atom stereocenters. The van der Waals surface area contributed by atoms with Crippen LogP contribution in [0.15, 0.2) is 43.1 Å². The molecule has 188 valence electrons. The molecule has 2 saturated heterocycles. The summed E-state index contributed by atoms with van der Waals surface area (Å²) in [5, 5.41) is 6.32. The molecule has 0 spiro atoms. The Hall–Kier alpha value is -3.14. The summed E-state index contributed by atoms with van der Waals surface area (Å²) in [6.45, 7) is 5.01. The van der Waals surface area contributed by atoms with Gasteiger partial charge in [-0.2, -0.15) is 5.10 Å². The van der Waals surface area contributed by atoms with Crippen molar-refractivity contribution in [3.05, 3.63) is 53.7 Å². The highest BCUT2D eigenvalue weighted by atomic mass is 35.5. The predicted octanol–water partition coefficient (Wildman–Crippen LogP) is 4.01. The summed E-state index contributed by atoms with van der Waals surface area (Å²) in [5.74, 6) is 1.27. The van der Waals surface area contributed by atoms with Crippen LogP contribution in [0.4, 0.5) is 0 Å². The van der Waals surface area contributed by atoms with Crippen LogP contribution in [-0.4, -0.2) is 81.0 Å². The third-order valence-electron chi connectivity index (χ3n) is 7.53. The average molecular weight is 508 g/mol. The Labute approximate surface area is 215 Å². The zero-order chi connectivity index (χ0) is 24.6. The molecular weight excluding hydrogens is 478 g/mol. The zero-order valence-electron chi connectivity index (χ0n) is 20.5. The molecule has 4 aromatic rings. The van der Waals surface area contributed by atoms with Crippen molar-refractivity contribution in [2.45, 2.75) is 31.5 Å². The van der Waals surface area contributed by atoms with Crippen molar-refractivity contribution in [3.8, 4) is 22.8 Å². The molecule has 3 aromatic heterocycles. The summed E-state index contributed by atoms with van der Waals surface area (Å²) in [6.07, 6.45) is 9.84. The molecule has 5 heterocycles. The van der Waals surface area contributed by atoms with Crippen LogP contribution in [-0.2, 0) is 6.54 Å². The highest BCUT2D eigenvalue weighted by Gasteiger charge is 2.35. The Morgan fingerprint density at radius 1 is 1.06 bits per heavy atom. The van der Waals surface area contributed by atoms with Gasteiger partial charge in [0, 0.05) is 49.0 Å². The topological polar surface area (TPSA) is 84.3 Å². The van der Waals surface area contributed by atoms with Crippen LogP contribution in [0, 0.1) is 0 Å². The Balaban J connectivity index is 1.03. The first-order valence-corrected chi connectivity index (χ1v) is 12.7. The molecular formula is C26H30ClN7O2. The van der Waals surface area contributed by atoms with Gasteiger partial charge in [-0.15, -0.1) is 0 Å². The Morgan fingerprint density at radius 2 is 1.89 bits per heavy atom. The van der Waals surface area contributed by atoms with Gasteiger partial charge in [0.1, 0.15) is 12.0 Å². The maximum absolute atomic E-state index is 6.60. The van der Waals surface area contributed by atoms with Gasteiger partial charge in [-0.05, 0) is 43.6 Å². The number of methoxy groups -OCH3 is 2. The molecule has 36 heavy (non-hydrogen) atoms. The van der Waals surface area contributed by atoms with E-state index in [-0.39, 0.29) is 0 Å².